The highest BCUT2D eigenvalue weighted by molar-refractivity contribution is 7.89. The van der Waals surface area contributed by atoms with E-state index in [4.69, 9.17) is 9.47 Å². The number of benzene rings is 2. The molecule has 8 heteroatoms. The van der Waals surface area contributed by atoms with E-state index in [0.717, 1.165) is 10.9 Å². The molecule has 0 fully saturated rings. The van der Waals surface area contributed by atoms with Gasteiger partial charge in [-0.05, 0) is 42.6 Å². The summed E-state index contributed by atoms with van der Waals surface area (Å²) in [6, 6.07) is 11.7. The first-order valence-electron chi connectivity index (χ1n) is 7.94. The van der Waals surface area contributed by atoms with Crippen LogP contribution in [0, 0.1) is 6.92 Å². The van der Waals surface area contributed by atoms with Gasteiger partial charge >= 0.3 is 0 Å². The highest BCUT2D eigenvalue weighted by Crippen LogP contribution is 2.33. The Kier molecular flexibility index (Phi) is 3.93. The minimum atomic E-state index is -3.80. The van der Waals surface area contributed by atoms with Crippen molar-refractivity contribution in [2.45, 2.75) is 18.4 Å². The summed E-state index contributed by atoms with van der Waals surface area (Å²) in [4.78, 5) is 15.0. The molecular formula is C18H16N2O5S. The van der Waals surface area contributed by atoms with Gasteiger partial charge in [-0.2, -0.15) is 0 Å². The standard InChI is InChI=1S/C18H16N2O5S/c1-11-2-4-15-12(6-11)7-13(18(21)20-15)9-19-26(22,23)14-3-5-16-17(8-14)25-10-24-16/h2-8,19H,9-10H2,1H3,(H,20,21). The lowest BCUT2D eigenvalue weighted by Gasteiger charge is -2.08. The quantitative estimate of drug-likeness (QED) is 0.730. The normalized spacial score (nSPS) is 13.3. The average Bonchev–Trinajstić information content (AvgIpc) is 3.08. The fourth-order valence-corrected chi connectivity index (χ4v) is 3.82. The van der Waals surface area contributed by atoms with Crippen molar-refractivity contribution in [1.29, 1.82) is 0 Å². The number of rotatable bonds is 4. The van der Waals surface area contributed by atoms with Crippen LogP contribution in [0.1, 0.15) is 11.1 Å². The Bertz CT molecular complexity index is 1170. The molecule has 0 spiro atoms. The zero-order chi connectivity index (χ0) is 18.3. The first kappa shape index (κ1) is 16.6. The summed E-state index contributed by atoms with van der Waals surface area (Å²) in [6.07, 6.45) is 0. The molecule has 3 aromatic rings. The number of hydrogen-bond donors (Lipinski definition) is 2. The number of nitrogens with one attached hydrogen (secondary N) is 2. The third-order valence-electron chi connectivity index (χ3n) is 4.18. The summed E-state index contributed by atoms with van der Waals surface area (Å²) in [5, 5.41) is 0.849. The van der Waals surface area contributed by atoms with Gasteiger partial charge in [0.15, 0.2) is 11.5 Å². The van der Waals surface area contributed by atoms with Crippen LogP contribution in [0.5, 0.6) is 11.5 Å². The smallest absolute Gasteiger partial charge is 0.252 e. The van der Waals surface area contributed by atoms with Gasteiger partial charge in [-0.3, -0.25) is 4.79 Å². The molecule has 1 aromatic heterocycles. The van der Waals surface area contributed by atoms with E-state index in [1.165, 1.54) is 12.1 Å². The number of aromatic nitrogens is 1. The number of ether oxygens (including phenoxy) is 2. The van der Waals surface area contributed by atoms with E-state index in [1.807, 2.05) is 25.1 Å². The Hall–Kier alpha value is -2.84. The predicted octanol–water partition coefficient (Wildman–Crippen LogP) is 2.04. The molecule has 0 radical (unpaired) electrons. The van der Waals surface area contributed by atoms with Crippen molar-refractivity contribution in [1.82, 2.24) is 9.71 Å². The number of aromatic amines is 1. The number of pyridine rings is 1. The van der Waals surface area contributed by atoms with Crippen molar-refractivity contribution in [3.05, 3.63) is 63.9 Å². The molecule has 0 bridgehead atoms. The van der Waals surface area contributed by atoms with Crippen molar-refractivity contribution in [3.8, 4) is 11.5 Å². The number of sulfonamides is 1. The summed E-state index contributed by atoms with van der Waals surface area (Å²) in [7, 11) is -3.80. The number of H-pyrrole nitrogens is 1. The molecule has 0 unspecified atom stereocenters. The summed E-state index contributed by atoms with van der Waals surface area (Å²) in [5.74, 6) is 0.886. The van der Waals surface area contributed by atoms with Gasteiger partial charge in [-0.15, -0.1) is 0 Å². The summed E-state index contributed by atoms with van der Waals surface area (Å²) < 4.78 is 37.9. The Balaban J connectivity index is 1.61. The zero-order valence-electron chi connectivity index (χ0n) is 13.9. The highest BCUT2D eigenvalue weighted by Gasteiger charge is 2.20. The van der Waals surface area contributed by atoms with Gasteiger partial charge in [0, 0.05) is 23.7 Å². The Morgan fingerprint density at radius 1 is 1.08 bits per heavy atom. The molecule has 0 amide bonds. The van der Waals surface area contributed by atoms with Gasteiger partial charge in [0.05, 0.1) is 4.90 Å². The largest absolute Gasteiger partial charge is 0.454 e. The molecule has 0 atom stereocenters. The maximum Gasteiger partial charge on any atom is 0.252 e. The minimum absolute atomic E-state index is 0.0508. The van der Waals surface area contributed by atoms with E-state index >= 15 is 0 Å². The van der Waals surface area contributed by atoms with E-state index in [0.29, 0.717) is 22.6 Å². The van der Waals surface area contributed by atoms with Crippen molar-refractivity contribution in [3.63, 3.8) is 0 Å². The number of aryl methyl sites for hydroxylation is 1. The molecule has 1 aliphatic heterocycles. The Labute approximate surface area is 149 Å². The molecular weight excluding hydrogens is 356 g/mol. The second kappa shape index (κ2) is 6.15. The molecule has 0 saturated carbocycles. The van der Waals surface area contributed by atoms with Gasteiger partial charge in [-0.25, -0.2) is 13.1 Å². The second-order valence-electron chi connectivity index (χ2n) is 6.05. The minimum Gasteiger partial charge on any atom is -0.454 e. The monoisotopic (exact) mass is 372 g/mol. The van der Waals surface area contributed by atoms with Crippen LogP contribution in [0.3, 0.4) is 0 Å². The summed E-state index contributed by atoms with van der Waals surface area (Å²) in [5.41, 5.74) is 1.78. The first-order valence-corrected chi connectivity index (χ1v) is 9.42. The van der Waals surface area contributed by atoms with E-state index in [9.17, 15) is 13.2 Å². The SMILES string of the molecule is Cc1ccc2[nH]c(=O)c(CNS(=O)(=O)c3ccc4c(c3)OCO4)cc2c1. The molecule has 2 N–H and O–H groups in total. The molecule has 26 heavy (non-hydrogen) atoms. The van der Waals surface area contributed by atoms with E-state index in [2.05, 4.69) is 9.71 Å². The summed E-state index contributed by atoms with van der Waals surface area (Å²) >= 11 is 0. The predicted molar refractivity (Wildman–Crippen MR) is 95.9 cm³/mol. The molecule has 4 rings (SSSR count). The second-order valence-corrected chi connectivity index (χ2v) is 7.82. The van der Waals surface area contributed by atoms with Crippen molar-refractivity contribution in [2.24, 2.45) is 0 Å². The Morgan fingerprint density at radius 2 is 1.88 bits per heavy atom. The fraction of sp³-hybridized carbons (Fsp3) is 0.167. The van der Waals surface area contributed by atoms with Crippen LogP contribution < -0.4 is 19.8 Å². The van der Waals surface area contributed by atoms with Gasteiger partial charge in [0.1, 0.15) is 0 Å². The van der Waals surface area contributed by atoms with Crippen LogP contribution in [0.4, 0.5) is 0 Å². The maximum absolute atomic E-state index is 12.5. The van der Waals surface area contributed by atoms with Crippen LogP contribution >= 0.6 is 0 Å². The zero-order valence-corrected chi connectivity index (χ0v) is 14.7. The molecule has 2 heterocycles. The molecule has 0 saturated heterocycles. The average molecular weight is 372 g/mol. The van der Waals surface area contributed by atoms with Crippen molar-refractivity contribution < 1.29 is 17.9 Å². The van der Waals surface area contributed by atoms with Gasteiger partial charge in [0.2, 0.25) is 16.8 Å². The van der Waals surface area contributed by atoms with Crippen LogP contribution in [0.15, 0.2) is 52.2 Å². The third-order valence-corrected chi connectivity index (χ3v) is 5.58. The van der Waals surface area contributed by atoms with Crippen LogP contribution in [0.25, 0.3) is 10.9 Å². The highest BCUT2D eigenvalue weighted by atomic mass is 32.2. The third kappa shape index (κ3) is 3.04. The van der Waals surface area contributed by atoms with Gasteiger partial charge in [-0.1, -0.05) is 11.6 Å². The topological polar surface area (TPSA) is 97.5 Å². The van der Waals surface area contributed by atoms with Crippen LogP contribution in [-0.4, -0.2) is 20.2 Å². The fourth-order valence-electron chi connectivity index (χ4n) is 2.80. The number of hydrogen-bond acceptors (Lipinski definition) is 5. The lowest BCUT2D eigenvalue weighted by Crippen LogP contribution is -2.27. The Morgan fingerprint density at radius 3 is 2.73 bits per heavy atom. The van der Waals surface area contributed by atoms with E-state index in [1.54, 1.807) is 12.1 Å². The van der Waals surface area contributed by atoms with E-state index < -0.39 is 10.0 Å². The van der Waals surface area contributed by atoms with Crippen LogP contribution in [-0.2, 0) is 16.6 Å². The van der Waals surface area contributed by atoms with Gasteiger partial charge in [0.25, 0.3) is 5.56 Å². The molecule has 134 valence electrons. The first-order chi connectivity index (χ1) is 12.4. The maximum atomic E-state index is 12.5. The molecule has 7 nitrogen and oxygen atoms in total. The van der Waals surface area contributed by atoms with Gasteiger partial charge < -0.3 is 14.5 Å². The van der Waals surface area contributed by atoms with Crippen molar-refractivity contribution >= 4 is 20.9 Å². The number of fused-ring (bicyclic) bond motifs is 2. The molecule has 1 aliphatic rings. The lowest BCUT2D eigenvalue weighted by atomic mass is 10.1. The molecule has 0 aliphatic carbocycles. The van der Waals surface area contributed by atoms with Crippen molar-refractivity contribution in [2.75, 3.05) is 6.79 Å². The van der Waals surface area contributed by atoms with Crippen LogP contribution in [0.2, 0.25) is 0 Å². The van der Waals surface area contributed by atoms with E-state index in [-0.39, 0.29) is 23.8 Å². The lowest BCUT2D eigenvalue weighted by molar-refractivity contribution is 0.174. The molecule has 2 aromatic carbocycles. The summed E-state index contributed by atoms with van der Waals surface area (Å²) in [6.45, 7) is 1.90.